The number of nitrogens with zero attached hydrogens (tertiary/aromatic N) is 1. The minimum atomic E-state index is -1.13. The molecule has 3 N–H and O–H groups in total. The molecule has 0 aliphatic heterocycles. The van der Waals surface area contributed by atoms with Crippen molar-refractivity contribution in [2.75, 3.05) is 10.6 Å². The third-order valence-electron chi connectivity index (χ3n) is 2.18. The number of carboxylic acids is 1. The molecule has 0 radical (unpaired) electrons. The van der Waals surface area contributed by atoms with E-state index >= 15 is 0 Å². The molecule has 9 heteroatoms. The summed E-state index contributed by atoms with van der Waals surface area (Å²) in [6.07, 6.45) is 1.56. The molecule has 0 atom stereocenters. The molecule has 104 valence electrons. The summed E-state index contributed by atoms with van der Waals surface area (Å²) in [4.78, 5) is 26.9. The number of rotatable bonds is 3. The van der Waals surface area contributed by atoms with Crippen LogP contribution in [-0.2, 0) is 0 Å². The van der Waals surface area contributed by atoms with Crippen LogP contribution in [-0.4, -0.2) is 22.1 Å². The number of para-hydroxylation sites is 1. The minimum absolute atomic E-state index is 0.00477. The van der Waals surface area contributed by atoms with Gasteiger partial charge in [0.1, 0.15) is 0 Å². The van der Waals surface area contributed by atoms with Crippen LogP contribution in [0.15, 0.2) is 32.7 Å². The molecule has 0 bridgehead atoms. The number of benzene rings is 1. The van der Waals surface area contributed by atoms with Crippen LogP contribution in [0.4, 0.5) is 15.6 Å². The molecule has 6 nitrogen and oxygen atoms in total. The first-order valence-electron chi connectivity index (χ1n) is 5.18. The van der Waals surface area contributed by atoms with E-state index in [1.165, 1.54) is 17.4 Å². The largest absolute Gasteiger partial charge is 0.478 e. The average molecular weight is 421 g/mol. The standard InChI is InChI=1S/C11H7Br2N3O3S/c12-6-3-1-2-5(9(17)18)8(6)15-10(19)16-11-14-4-7(13)20-11/h1-4H,(H,17,18)(H2,14,15,16,19). The number of carboxylic acid groups (broad SMARTS) is 1. The number of hydrogen-bond acceptors (Lipinski definition) is 4. The number of carbonyl (C=O) groups excluding carboxylic acids is 1. The molecule has 1 heterocycles. The molecular formula is C11H7Br2N3O3S. The maximum Gasteiger partial charge on any atom is 0.337 e. The minimum Gasteiger partial charge on any atom is -0.478 e. The smallest absolute Gasteiger partial charge is 0.337 e. The topological polar surface area (TPSA) is 91.3 Å². The second-order valence-electron chi connectivity index (χ2n) is 3.52. The third kappa shape index (κ3) is 3.56. The van der Waals surface area contributed by atoms with Gasteiger partial charge in [-0.3, -0.25) is 5.32 Å². The lowest BCUT2D eigenvalue weighted by Gasteiger charge is -2.10. The Morgan fingerprint density at radius 2 is 2.00 bits per heavy atom. The van der Waals surface area contributed by atoms with Crippen molar-refractivity contribution in [3.8, 4) is 0 Å². The number of aromatic carboxylic acids is 1. The maximum atomic E-state index is 11.8. The number of anilines is 2. The van der Waals surface area contributed by atoms with Crippen LogP contribution in [0, 0.1) is 0 Å². The van der Waals surface area contributed by atoms with Crippen molar-refractivity contribution < 1.29 is 14.7 Å². The van der Waals surface area contributed by atoms with Gasteiger partial charge in [0.25, 0.3) is 0 Å². The molecule has 0 spiro atoms. The van der Waals surface area contributed by atoms with Gasteiger partial charge in [-0.2, -0.15) is 0 Å². The molecule has 0 unspecified atom stereocenters. The first-order valence-corrected chi connectivity index (χ1v) is 7.59. The first-order chi connectivity index (χ1) is 9.47. The number of aromatic nitrogens is 1. The Labute approximate surface area is 134 Å². The molecule has 0 aliphatic carbocycles. The Balaban J connectivity index is 2.17. The Morgan fingerprint density at radius 3 is 2.60 bits per heavy atom. The van der Waals surface area contributed by atoms with E-state index in [0.717, 1.165) is 3.79 Å². The summed E-state index contributed by atoms with van der Waals surface area (Å²) >= 11 is 7.68. The highest BCUT2D eigenvalue weighted by atomic mass is 79.9. The van der Waals surface area contributed by atoms with Crippen molar-refractivity contribution in [3.63, 3.8) is 0 Å². The molecule has 2 amide bonds. The molecular weight excluding hydrogens is 414 g/mol. The van der Waals surface area contributed by atoms with Gasteiger partial charge in [-0.25, -0.2) is 14.6 Å². The summed E-state index contributed by atoms with van der Waals surface area (Å²) in [6.45, 7) is 0. The highest BCUT2D eigenvalue weighted by Crippen LogP contribution is 2.27. The Hall–Kier alpha value is -1.45. The van der Waals surface area contributed by atoms with E-state index in [2.05, 4.69) is 47.5 Å². The van der Waals surface area contributed by atoms with Crippen molar-refractivity contribution in [2.45, 2.75) is 0 Å². The van der Waals surface area contributed by atoms with E-state index in [-0.39, 0.29) is 11.3 Å². The van der Waals surface area contributed by atoms with Crippen molar-refractivity contribution in [3.05, 3.63) is 38.2 Å². The zero-order chi connectivity index (χ0) is 14.7. The van der Waals surface area contributed by atoms with E-state index in [1.807, 2.05) is 0 Å². The number of amides is 2. The van der Waals surface area contributed by atoms with Gasteiger partial charge in [0.15, 0.2) is 5.13 Å². The number of carbonyl (C=O) groups is 2. The van der Waals surface area contributed by atoms with E-state index in [9.17, 15) is 9.59 Å². The first kappa shape index (κ1) is 14.9. The van der Waals surface area contributed by atoms with Gasteiger partial charge in [-0.1, -0.05) is 17.4 Å². The number of urea groups is 1. The average Bonchev–Trinajstić information content (AvgIpc) is 2.77. The van der Waals surface area contributed by atoms with Gasteiger partial charge in [-0.15, -0.1) is 0 Å². The Bertz CT molecular complexity index is 675. The second-order valence-corrected chi connectivity index (χ2v) is 6.78. The van der Waals surface area contributed by atoms with Crippen molar-refractivity contribution >= 4 is 66.0 Å². The summed E-state index contributed by atoms with van der Waals surface area (Å²) in [6, 6.07) is 4.06. The van der Waals surface area contributed by atoms with Gasteiger partial charge >= 0.3 is 12.0 Å². The zero-order valence-electron chi connectivity index (χ0n) is 9.68. The van der Waals surface area contributed by atoms with E-state index in [1.54, 1.807) is 18.3 Å². The van der Waals surface area contributed by atoms with Gasteiger partial charge < -0.3 is 10.4 Å². The molecule has 20 heavy (non-hydrogen) atoms. The quantitative estimate of drug-likeness (QED) is 0.699. The normalized spacial score (nSPS) is 10.1. The van der Waals surface area contributed by atoms with Crippen molar-refractivity contribution in [1.82, 2.24) is 4.98 Å². The molecule has 2 rings (SSSR count). The van der Waals surface area contributed by atoms with Crippen LogP contribution in [0.3, 0.4) is 0 Å². The van der Waals surface area contributed by atoms with Crippen LogP contribution >= 0.6 is 43.2 Å². The number of halogens is 2. The second kappa shape index (κ2) is 6.33. The van der Waals surface area contributed by atoms with E-state index in [4.69, 9.17) is 5.11 Å². The molecule has 0 saturated heterocycles. The fourth-order valence-corrected chi connectivity index (χ4v) is 2.95. The number of thiazole rings is 1. The molecule has 0 saturated carbocycles. The van der Waals surface area contributed by atoms with Gasteiger partial charge in [0, 0.05) is 4.47 Å². The van der Waals surface area contributed by atoms with Crippen LogP contribution in [0.1, 0.15) is 10.4 Å². The van der Waals surface area contributed by atoms with Crippen molar-refractivity contribution in [2.24, 2.45) is 0 Å². The van der Waals surface area contributed by atoms with Gasteiger partial charge in [-0.05, 0) is 44.0 Å². The van der Waals surface area contributed by atoms with Crippen LogP contribution in [0.2, 0.25) is 0 Å². The molecule has 1 aromatic heterocycles. The molecule has 0 aliphatic rings. The summed E-state index contributed by atoms with van der Waals surface area (Å²) in [5, 5.41) is 14.5. The Kier molecular flexibility index (Phi) is 4.73. The van der Waals surface area contributed by atoms with Crippen LogP contribution < -0.4 is 10.6 Å². The monoisotopic (exact) mass is 419 g/mol. The highest BCUT2D eigenvalue weighted by molar-refractivity contribution is 9.11. The van der Waals surface area contributed by atoms with E-state index in [0.29, 0.717) is 9.60 Å². The Morgan fingerprint density at radius 1 is 1.25 bits per heavy atom. The third-order valence-corrected chi connectivity index (χ3v) is 4.23. The van der Waals surface area contributed by atoms with Crippen molar-refractivity contribution in [1.29, 1.82) is 0 Å². The van der Waals surface area contributed by atoms with Gasteiger partial charge in [0.2, 0.25) is 0 Å². The van der Waals surface area contributed by atoms with E-state index < -0.39 is 12.0 Å². The summed E-state index contributed by atoms with van der Waals surface area (Å²) in [5.74, 6) is -1.13. The van der Waals surface area contributed by atoms with Gasteiger partial charge in [0.05, 0.1) is 21.2 Å². The fraction of sp³-hybridized carbons (Fsp3) is 0. The predicted octanol–water partition coefficient (Wildman–Crippen LogP) is 4.01. The maximum absolute atomic E-state index is 11.8. The lowest BCUT2D eigenvalue weighted by Crippen LogP contribution is -2.21. The summed E-state index contributed by atoms with van der Waals surface area (Å²) in [7, 11) is 0. The lowest BCUT2D eigenvalue weighted by molar-refractivity contribution is 0.0698. The predicted molar refractivity (Wildman–Crippen MR) is 83.6 cm³/mol. The number of nitrogens with one attached hydrogen (secondary N) is 2. The SMILES string of the molecule is O=C(Nc1ncc(Br)s1)Nc1c(Br)cccc1C(=O)O. The molecule has 1 aromatic carbocycles. The highest BCUT2D eigenvalue weighted by Gasteiger charge is 2.15. The lowest BCUT2D eigenvalue weighted by atomic mass is 10.2. The van der Waals surface area contributed by atoms with Crippen LogP contribution in [0.25, 0.3) is 0 Å². The molecule has 0 fully saturated rings. The zero-order valence-corrected chi connectivity index (χ0v) is 13.7. The summed E-state index contributed by atoms with van der Waals surface area (Å²) < 4.78 is 1.26. The number of hydrogen-bond donors (Lipinski definition) is 3. The van der Waals surface area contributed by atoms with Crippen LogP contribution in [0.5, 0.6) is 0 Å². The summed E-state index contributed by atoms with van der Waals surface area (Å²) in [5.41, 5.74) is 0.183. The fourth-order valence-electron chi connectivity index (χ4n) is 1.38. The molecule has 2 aromatic rings.